The number of nitrogens with zero attached hydrogens (tertiary/aromatic N) is 3. The lowest BCUT2D eigenvalue weighted by Crippen LogP contribution is -2.40. The molecule has 1 rings (SSSR count). The van der Waals surface area contributed by atoms with Gasteiger partial charge in [-0.1, -0.05) is 6.92 Å². The maximum absolute atomic E-state index is 11.7. The normalized spacial score (nSPS) is 12.5. The summed E-state index contributed by atoms with van der Waals surface area (Å²) < 4.78 is 1.72. The van der Waals surface area contributed by atoms with Gasteiger partial charge in [0.25, 0.3) is 0 Å². The molecule has 1 amide bonds. The largest absolute Gasteiger partial charge is 0.340 e. The summed E-state index contributed by atoms with van der Waals surface area (Å²) in [6.45, 7) is 2.46. The van der Waals surface area contributed by atoms with Gasteiger partial charge in [-0.25, -0.2) is 0 Å². The maximum atomic E-state index is 11.7. The van der Waals surface area contributed by atoms with Crippen LogP contribution in [0.3, 0.4) is 0 Å². The van der Waals surface area contributed by atoms with E-state index in [1.165, 1.54) is 0 Å². The Morgan fingerprint density at radius 2 is 2.40 bits per heavy atom. The SMILES string of the molecule is CC[C@@H](N)C(=O)N(C)Cc1cnn(C)c1. The van der Waals surface area contributed by atoms with Gasteiger partial charge in [-0.2, -0.15) is 5.10 Å². The Balaban J connectivity index is 2.55. The van der Waals surface area contributed by atoms with E-state index in [0.29, 0.717) is 13.0 Å². The zero-order valence-electron chi connectivity index (χ0n) is 9.47. The quantitative estimate of drug-likeness (QED) is 0.767. The molecule has 0 saturated heterocycles. The number of aromatic nitrogens is 2. The molecule has 0 saturated carbocycles. The number of carbonyl (C=O) groups excluding carboxylic acids is 1. The summed E-state index contributed by atoms with van der Waals surface area (Å²) in [6, 6.07) is -0.397. The number of hydrogen-bond acceptors (Lipinski definition) is 3. The van der Waals surface area contributed by atoms with E-state index in [0.717, 1.165) is 5.56 Å². The van der Waals surface area contributed by atoms with E-state index >= 15 is 0 Å². The van der Waals surface area contributed by atoms with Crippen LogP contribution in [0.4, 0.5) is 0 Å². The minimum absolute atomic E-state index is 0.0265. The molecule has 1 aromatic rings. The lowest BCUT2D eigenvalue weighted by atomic mass is 10.2. The number of nitrogens with two attached hydrogens (primary N) is 1. The molecule has 0 aliphatic rings. The zero-order chi connectivity index (χ0) is 11.4. The average molecular weight is 210 g/mol. The van der Waals surface area contributed by atoms with E-state index in [-0.39, 0.29) is 5.91 Å². The number of carbonyl (C=O) groups is 1. The van der Waals surface area contributed by atoms with Crippen molar-refractivity contribution in [2.24, 2.45) is 12.8 Å². The van der Waals surface area contributed by atoms with Crippen LogP contribution in [-0.2, 0) is 18.4 Å². The fourth-order valence-electron chi connectivity index (χ4n) is 1.36. The van der Waals surface area contributed by atoms with Gasteiger partial charge in [0.05, 0.1) is 12.2 Å². The van der Waals surface area contributed by atoms with Crippen LogP contribution in [0.25, 0.3) is 0 Å². The molecule has 0 fully saturated rings. The monoisotopic (exact) mass is 210 g/mol. The van der Waals surface area contributed by atoms with E-state index in [1.807, 2.05) is 20.2 Å². The lowest BCUT2D eigenvalue weighted by molar-refractivity contribution is -0.131. The average Bonchev–Trinajstić information content (AvgIpc) is 2.61. The predicted molar refractivity (Wildman–Crippen MR) is 57.9 cm³/mol. The Kier molecular flexibility index (Phi) is 3.85. The molecule has 0 aliphatic heterocycles. The molecule has 1 atom stereocenters. The van der Waals surface area contributed by atoms with Crippen molar-refractivity contribution in [3.63, 3.8) is 0 Å². The van der Waals surface area contributed by atoms with E-state index < -0.39 is 6.04 Å². The third kappa shape index (κ3) is 3.06. The highest BCUT2D eigenvalue weighted by atomic mass is 16.2. The predicted octanol–water partition coefficient (Wildman–Crippen LogP) is 0.116. The molecular formula is C10H18N4O. The summed E-state index contributed by atoms with van der Waals surface area (Å²) >= 11 is 0. The number of hydrogen-bond donors (Lipinski definition) is 1. The smallest absolute Gasteiger partial charge is 0.239 e. The molecule has 15 heavy (non-hydrogen) atoms. The Morgan fingerprint density at radius 3 is 2.87 bits per heavy atom. The van der Waals surface area contributed by atoms with E-state index in [2.05, 4.69) is 5.10 Å². The van der Waals surface area contributed by atoms with E-state index in [4.69, 9.17) is 5.73 Å². The van der Waals surface area contributed by atoms with Crippen LogP contribution in [0.15, 0.2) is 12.4 Å². The number of rotatable bonds is 4. The van der Waals surface area contributed by atoms with Gasteiger partial charge in [-0.05, 0) is 6.42 Å². The third-order valence-corrected chi connectivity index (χ3v) is 2.31. The minimum Gasteiger partial charge on any atom is -0.340 e. The first-order valence-corrected chi connectivity index (χ1v) is 5.02. The van der Waals surface area contributed by atoms with Gasteiger partial charge in [-0.15, -0.1) is 0 Å². The van der Waals surface area contributed by atoms with Crippen molar-refractivity contribution in [1.29, 1.82) is 0 Å². The molecule has 0 aliphatic carbocycles. The van der Waals surface area contributed by atoms with Crippen LogP contribution >= 0.6 is 0 Å². The molecule has 1 aromatic heterocycles. The summed E-state index contributed by atoms with van der Waals surface area (Å²) in [5.41, 5.74) is 6.68. The fourth-order valence-corrected chi connectivity index (χ4v) is 1.36. The second-order valence-corrected chi connectivity index (χ2v) is 3.73. The molecule has 0 spiro atoms. The van der Waals surface area contributed by atoms with Crippen LogP contribution in [0.2, 0.25) is 0 Å². The number of amides is 1. The van der Waals surface area contributed by atoms with E-state index in [9.17, 15) is 4.79 Å². The van der Waals surface area contributed by atoms with Crippen LogP contribution in [0.5, 0.6) is 0 Å². The summed E-state index contributed by atoms with van der Waals surface area (Å²) in [5.74, 6) is -0.0265. The Bertz CT molecular complexity index is 334. The van der Waals surface area contributed by atoms with E-state index in [1.54, 1.807) is 22.8 Å². The number of aryl methyl sites for hydroxylation is 1. The van der Waals surface area contributed by atoms with Gasteiger partial charge >= 0.3 is 0 Å². The second kappa shape index (κ2) is 4.93. The first-order valence-electron chi connectivity index (χ1n) is 5.02. The van der Waals surface area contributed by atoms with Gasteiger partial charge in [0.2, 0.25) is 5.91 Å². The molecule has 0 radical (unpaired) electrons. The molecule has 1 heterocycles. The van der Waals surface area contributed by atoms with Gasteiger partial charge in [0.15, 0.2) is 0 Å². The van der Waals surface area contributed by atoms with Crippen LogP contribution < -0.4 is 5.73 Å². The fraction of sp³-hybridized carbons (Fsp3) is 0.600. The van der Waals surface area contributed by atoms with Crippen LogP contribution in [0, 0.1) is 0 Å². The standard InChI is InChI=1S/C10H18N4O/c1-4-9(11)10(15)13(2)6-8-5-12-14(3)7-8/h5,7,9H,4,6,11H2,1-3H3/t9-/m1/s1. The van der Waals surface area contributed by atoms with Crippen molar-refractivity contribution in [3.05, 3.63) is 18.0 Å². The summed E-state index contributed by atoms with van der Waals surface area (Å²) in [6.07, 6.45) is 4.30. The van der Waals surface area contributed by atoms with Gasteiger partial charge in [-0.3, -0.25) is 9.48 Å². The summed E-state index contributed by atoms with van der Waals surface area (Å²) in [4.78, 5) is 13.3. The zero-order valence-corrected chi connectivity index (χ0v) is 9.47. The molecule has 84 valence electrons. The van der Waals surface area contributed by atoms with Crippen LogP contribution in [-0.4, -0.2) is 33.7 Å². The summed E-state index contributed by atoms with van der Waals surface area (Å²) in [5, 5.41) is 4.04. The van der Waals surface area contributed by atoms with Crippen molar-refractivity contribution in [3.8, 4) is 0 Å². The highest BCUT2D eigenvalue weighted by Gasteiger charge is 2.16. The summed E-state index contributed by atoms with van der Waals surface area (Å²) in [7, 11) is 3.61. The number of likely N-dealkylation sites (N-methyl/N-ethyl adjacent to an activating group) is 1. The molecule has 5 nitrogen and oxygen atoms in total. The molecule has 0 bridgehead atoms. The van der Waals surface area contributed by atoms with Crippen molar-refractivity contribution in [2.75, 3.05) is 7.05 Å². The van der Waals surface area contributed by atoms with Crippen LogP contribution in [0.1, 0.15) is 18.9 Å². The first-order chi connectivity index (χ1) is 7.04. The Morgan fingerprint density at radius 1 is 1.73 bits per heavy atom. The van der Waals surface area contributed by atoms with Gasteiger partial charge in [0, 0.05) is 32.4 Å². The highest BCUT2D eigenvalue weighted by molar-refractivity contribution is 5.81. The van der Waals surface area contributed by atoms with Crippen molar-refractivity contribution in [1.82, 2.24) is 14.7 Å². The van der Waals surface area contributed by atoms with Gasteiger partial charge in [0.1, 0.15) is 0 Å². The highest BCUT2D eigenvalue weighted by Crippen LogP contribution is 2.03. The maximum Gasteiger partial charge on any atom is 0.239 e. The molecule has 0 unspecified atom stereocenters. The first kappa shape index (κ1) is 11.7. The van der Waals surface area contributed by atoms with Crippen molar-refractivity contribution < 1.29 is 4.79 Å². The molecule has 0 aromatic carbocycles. The molecule has 2 N–H and O–H groups in total. The van der Waals surface area contributed by atoms with Crippen molar-refractivity contribution in [2.45, 2.75) is 25.9 Å². The Labute approximate surface area is 89.9 Å². The topological polar surface area (TPSA) is 64.2 Å². The van der Waals surface area contributed by atoms with Gasteiger partial charge < -0.3 is 10.6 Å². The Hall–Kier alpha value is -1.36. The minimum atomic E-state index is -0.397. The van der Waals surface area contributed by atoms with Crippen molar-refractivity contribution >= 4 is 5.91 Å². The molecular weight excluding hydrogens is 192 g/mol. The second-order valence-electron chi connectivity index (χ2n) is 3.73. The molecule has 5 heteroatoms. The third-order valence-electron chi connectivity index (χ3n) is 2.31. The lowest BCUT2D eigenvalue weighted by Gasteiger charge is -2.19.